The zero-order chi connectivity index (χ0) is 20.6. The predicted octanol–water partition coefficient (Wildman–Crippen LogP) is -5.66. The van der Waals surface area contributed by atoms with Crippen LogP contribution in [0, 0.1) is 0 Å². The first kappa shape index (κ1) is 22.2. The lowest BCUT2D eigenvalue weighted by molar-refractivity contribution is -0.351. The average Bonchev–Trinajstić information content (AvgIpc) is 2.67. The quantitative estimate of drug-likeness (QED) is 0.216. The molecule has 1 unspecified atom stereocenters. The second kappa shape index (κ2) is 9.09. The van der Waals surface area contributed by atoms with Crippen LogP contribution >= 0.6 is 0 Å². The number of aliphatic hydroxyl groups excluding tert-OH is 8. The van der Waals surface area contributed by atoms with E-state index in [2.05, 4.69) is 0 Å². The van der Waals surface area contributed by atoms with Crippen LogP contribution < -0.4 is 0 Å². The van der Waals surface area contributed by atoms with E-state index in [1.165, 1.54) is 0 Å². The summed E-state index contributed by atoms with van der Waals surface area (Å²) < 4.78 is 25.9. The van der Waals surface area contributed by atoms with E-state index in [0.29, 0.717) is 0 Å². The Balaban J connectivity index is 1.62. The van der Waals surface area contributed by atoms with E-state index >= 15 is 0 Å². The van der Waals surface area contributed by atoms with Crippen molar-refractivity contribution in [3.8, 4) is 0 Å². The van der Waals surface area contributed by atoms with E-state index in [1.54, 1.807) is 0 Å². The summed E-state index contributed by atoms with van der Waals surface area (Å²) >= 11 is 0. The molecule has 13 nitrogen and oxygen atoms in total. The number of hydrogen-bond donors (Lipinski definition) is 8. The van der Waals surface area contributed by atoms with Gasteiger partial charge in [0.15, 0.2) is 18.9 Å². The van der Waals surface area contributed by atoms with Gasteiger partial charge in [-0.25, -0.2) is 0 Å². The topological polar surface area (TPSA) is 208 Å². The zero-order valence-electron chi connectivity index (χ0n) is 14.7. The van der Waals surface area contributed by atoms with Gasteiger partial charge in [-0.15, -0.1) is 0 Å². The van der Waals surface area contributed by atoms with Gasteiger partial charge < -0.3 is 64.5 Å². The fourth-order valence-corrected chi connectivity index (χ4v) is 3.19. The molecule has 3 fully saturated rings. The van der Waals surface area contributed by atoms with Gasteiger partial charge >= 0.3 is 0 Å². The molecule has 0 amide bonds. The van der Waals surface area contributed by atoms with E-state index in [1.807, 2.05) is 0 Å². The Morgan fingerprint density at radius 1 is 0.536 bits per heavy atom. The predicted molar refractivity (Wildman–Crippen MR) is 83.2 cm³/mol. The molecule has 0 radical (unpaired) electrons. The SMILES string of the molecule is OC1OC[C@@H](O[C@@H]2OC[C@@H](O)[C@H](O[C@H]3OC[C@@H](O)[C@H](O)[C@H]3O)[C@H]2O)[C@H](O)[C@H]1O. The fraction of sp³-hybridized carbons (Fsp3) is 1.00. The van der Waals surface area contributed by atoms with Gasteiger partial charge in [-0.3, -0.25) is 0 Å². The summed E-state index contributed by atoms with van der Waals surface area (Å²) in [5.74, 6) is 0. The maximum atomic E-state index is 10.5. The summed E-state index contributed by atoms with van der Waals surface area (Å²) in [7, 11) is 0. The van der Waals surface area contributed by atoms with Crippen LogP contribution in [0.5, 0.6) is 0 Å². The van der Waals surface area contributed by atoms with Crippen molar-refractivity contribution in [3.63, 3.8) is 0 Å². The van der Waals surface area contributed by atoms with Crippen LogP contribution in [0.1, 0.15) is 0 Å². The molecule has 164 valence electrons. The minimum Gasteiger partial charge on any atom is -0.388 e. The molecular formula is C15H26O13. The van der Waals surface area contributed by atoms with Crippen LogP contribution in [-0.4, -0.2) is 134 Å². The van der Waals surface area contributed by atoms with Crippen molar-refractivity contribution >= 4 is 0 Å². The van der Waals surface area contributed by atoms with Gasteiger partial charge in [0.05, 0.1) is 19.8 Å². The zero-order valence-corrected chi connectivity index (χ0v) is 14.7. The fourth-order valence-electron chi connectivity index (χ4n) is 3.19. The Hall–Kier alpha value is -0.520. The number of hydrogen-bond acceptors (Lipinski definition) is 13. The number of ether oxygens (including phenoxy) is 5. The highest BCUT2D eigenvalue weighted by atomic mass is 16.7. The molecule has 28 heavy (non-hydrogen) atoms. The summed E-state index contributed by atoms with van der Waals surface area (Å²) in [4.78, 5) is 0. The maximum Gasteiger partial charge on any atom is 0.186 e. The highest BCUT2D eigenvalue weighted by Gasteiger charge is 2.48. The first-order valence-electron chi connectivity index (χ1n) is 8.81. The molecule has 3 rings (SSSR count). The summed E-state index contributed by atoms with van der Waals surface area (Å²) in [5.41, 5.74) is 0. The molecule has 0 saturated carbocycles. The molecule has 13 heteroatoms. The summed E-state index contributed by atoms with van der Waals surface area (Å²) in [5, 5.41) is 78.6. The van der Waals surface area contributed by atoms with Crippen molar-refractivity contribution in [2.75, 3.05) is 19.8 Å². The molecule has 8 N–H and O–H groups in total. The van der Waals surface area contributed by atoms with Gasteiger partial charge in [0.1, 0.15) is 54.9 Å². The second-order valence-electron chi connectivity index (χ2n) is 6.99. The lowest BCUT2D eigenvalue weighted by atomic mass is 10.0. The Kier molecular flexibility index (Phi) is 7.20. The molecule has 0 bridgehead atoms. The summed E-state index contributed by atoms with van der Waals surface area (Å²) in [6.45, 7) is -0.964. The molecule has 0 aliphatic carbocycles. The lowest BCUT2D eigenvalue weighted by Gasteiger charge is -2.43. The number of aliphatic hydroxyl groups is 8. The monoisotopic (exact) mass is 414 g/mol. The van der Waals surface area contributed by atoms with E-state index in [-0.39, 0.29) is 19.8 Å². The minimum absolute atomic E-state index is 0.297. The smallest absolute Gasteiger partial charge is 0.186 e. The number of rotatable bonds is 4. The van der Waals surface area contributed by atoms with Gasteiger partial charge in [0.25, 0.3) is 0 Å². The normalized spacial score (nSPS) is 53.1. The maximum absolute atomic E-state index is 10.5. The van der Waals surface area contributed by atoms with Crippen LogP contribution in [0.25, 0.3) is 0 Å². The molecule has 0 aromatic rings. The van der Waals surface area contributed by atoms with Crippen LogP contribution in [-0.2, 0) is 23.7 Å². The molecule has 0 aromatic heterocycles. The third-order valence-electron chi connectivity index (χ3n) is 4.93. The second-order valence-corrected chi connectivity index (χ2v) is 6.99. The Bertz CT molecular complexity index is 508. The molecule has 0 spiro atoms. The molecule has 12 atom stereocenters. The van der Waals surface area contributed by atoms with Gasteiger partial charge in [0, 0.05) is 0 Å². The molecule has 3 saturated heterocycles. The Morgan fingerprint density at radius 3 is 1.82 bits per heavy atom. The lowest BCUT2D eigenvalue weighted by Crippen LogP contribution is -2.62. The van der Waals surface area contributed by atoms with Crippen molar-refractivity contribution in [2.45, 2.75) is 73.8 Å². The highest BCUT2D eigenvalue weighted by Crippen LogP contribution is 2.27. The minimum atomic E-state index is -1.63. The largest absolute Gasteiger partial charge is 0.388 e. The van der Waals surface area contributed by atoms with Gasteiger partial charge in [0.2, 0.25) is 0 Å². The first-order valence-corrected chi connectivity index (χ1v) is 8.81. The Labute approximate surface area is 159 Å². The highest BCUT2D eigenvalue weighted by molar-refractivity contribution is 4.90. The van der Waals surface area contributed by atoms with E-state index < -0.39 is 73.8 Å². The molecule has 3 heterocycles. The van der Waals surface area contributed by atoms with E-state index in [4.69, 9.17) is 23.7 Å². The average molecular weight is 414 g/mol. The van der Waals surface area contributed by atoms with E-state index in [9.17, 15) is 40.9 Å². The summed E-state index contributed by atoms with van der Waals surface area (Å²) in [6.07, 6.45) is -17.5. The third-order valence-corrected chi connectivity index (χ3v) is 4.93. The standard InChI is InChI=1S/C15H26O13/c16-4-1-25-14(10(21)7(4)18)28-12-5(17)2-26-15(11(12)22)27-6-3-24-13(23)9(20)8(6)19/h4-23H,1-3H2/t4-,5-,6-,7+,8+,9-,10-,11-,12+,13?,14-,15+/m1/s1. The molecule has 0 aromatic carbocycles. The van der Waals surface area contributed by atoms with Crippen LogP contribution in [0.3, 0.4) is 0 Å². The van der Waals surface area contributed by atoms with Crippen molar-refractivity contribution in [1.29, 1.82) is 0 Å². The van der Waals surface area contributed by atoms with Crippen LogP contribution in [0.4, 0.5) is 0 Å². The third kappa shape index (κ3) is 4.46. The molecule has 3 aliphatic rings. The van der Waals surface area contributed by atoms with Crippen molar-refractivity contribution < 1.29 is 64.5 Å². The molecular weight excluding hydrogens is 388 g/mol. The van der Waals surface area contributed by atoms with Gasteiger partial charge in [-0.2, -0.15) is 0 Å². The summed E-state index contributed by atoms with van der Waals surface area (Å²) in [6, 6.07) is 0. The van der Waals surface area contributed by atoms with Crippen LogP contribution in [0.2, 0.25) is 0 Å². The van der Waals surface area contributed by atoms with Gasteiger partial charge in [-0.1, -0.05) is 0 Å². The first-order chi connectivity index (χ1) is 13.2. The molecule has 3 aliphatic heterocycles. The van der Waals surface area contributed by atoms with E-state index in [0.717, 1.165) is 0 Å². The van der Waals surface area contributed by atoms with Crippen molar-refractivity contribution in [3.05, 3.63) is 0 Å². The van der Waals surface area contributed by atoms with Crippen LogP contribution in [0.15, 0.2) is 0 Å². The van der Waals surface area contributed by atoms with Crippen molar-refractivity contribution in [1.82, 2.24) is 0 Å². The Morgan fingerprint density at radius 2 is 1.14 bits per heavy atom. The van der Waals surface area contributed by atoms with Crippen molar-refractivity contribution in [2.24, 2.45) is 0 Å². The van der Waals surface area contributed by atoms with Gasteiger partial charge in [-0.05, 0) is 0 Å².